The number of amides is 1. The molecule has 2 aromatic heterocycles. The van der Waals surface area contributed by atoms with Crippen molar-refractivity contribution in [3.8, 4) is 5.69 Å². The Hall–Kier alpha value is -3.29. The van der Waals surface area contributed by atoms with E-state index >= 15 is 0 Å². The van der Waals surface area contributed by atoms with Gasteiger partial charge in [0.1, 0.15) is 0 Å². The van der Waals surface area contributed by atoms with Crippen molar-refractivity contribution in [2.45, 2.75) is 20.8 Å². The van der Waals surface area contributed by atoms with E-state index in [1.807, 2.05) is 30.3 Å². The van der Waals surface area contributed by atoms with E-state index in [-0.39, 0.29) is 12.2 Å². The first-order valence-electron chi connectivity index (χ1n) is 8.09. The fourth-order valence-electron chi connectivity index (χ4n) is 2.49. The minimum Gasteiger partial charge on any atom is -0.481 e. The van der Waals surface area contributed by atoms with Crippen molar-refractivity contribution in [1.82, 2.24) is 25.3 Å². The second kappa shape index (κ2) is 6.55. The van der Waals surface area contributed by atoms with Crippen LogP contribution >= 0.6 is 0 Å². The Morgan fingerprint density at radius 1 is 1.23 bits per heavy atom. The molecule has 3 aromatic rings. The van der Waals surface area contributed by atoms with Gasteiger partial charge in [-0.25, -0.2) is 4.68 Å². The third-order valence-electron chi connectivity index (χ3n) is 4.22. The maximum absolute atomic E-state index is 12.4. The van der Waals surface area contributed by atoms with E-state index in [4.69, 9.17) is 5.11 Å². The zero-order valence-electron chi connectivity index (χ0n) is 14.7. The summed E-state index contributed by atoms with van der Waals surface area (Å²) in [4.78, 5) is 28.0. The molecule has 0 aliphatic heterocycles. The molecule has 1 aromatic carbocycles. The lowest BCUT2D eigenvalue weighted by Gasteiger charge is -2.19. The largest absolute Gasteiger partial charge is 0.481 e. The number of benzene rings is 1. The number of aromatic nitrogens is 4. The van der Waals surface area contributed by atoms with E-state index in [2.05, 4.69) is 20.6 Å². The van der Waals surface area contributed by atoms with Gasteiger partial charge in [0.2, 0.25) is 0 Å². The highest BCUT2D eigenvalue weighted by molar-refractivity contribution is 5.94. The van der Waals surface area contributed by atoms with Gasteiger partial charge in [-0.05, 0) is 32.9 Å². The lowest BCUT2D eigenvalue weighted by atomic mass is 9.94. The molecule has 2 heterocycles. The van der Waals surface area contributed by atoms with E-state index in [1.165, 1.54) is 0 Å². The zero-order chi connectivity index (χ0) is 18.9. The molecule has 0 radical (unpaired) electrons. The Balaban J connectivity index is 1.91. The molecular formula is C18H19N5O3. The minimum absolute atomic E-state index is 0.0106. The summed E-state index contributed by atoms with van der Waals surface area (Å²) in [5.41, 5.74) is 1.10. The predicted octanol–water partition coefficient (Wildman–Crippen LogP) is 1.96. The molecule has 2 N–H and O–H groups in total. The van der Waals surface area contributed by atoms with Gasteiger partial charge in [0, 0.05) is 18.1 Å². The van der Waals surface area contributed by atoms with Gasteiger partial charge in [0.15, 0.2) is 5.69 Å². The number of carbonyl (C=O) groups excluding carboxylic acids is 1. The monoisotopic (exact) mass is 353 g/mol. The number of hydrogen-bond donors (Lipinski definition) is 2. The Morgan fingerprint density at radius 2 is 1.96 bits per heavy atom. The van der Waals surface area contributed by atoms with Crippen molar-refractivity contribution in [1.29, 1.82) is 0 Å². The topological polar surface area (TPSA) is 110 Å². The van der Waals surface area contributed by atoms with Crippen LogP contribution in [0.1, 0.15) is 30.0 Å². The van der Waals surface area contributed by atoms with E-state index in [0.717, 1.165) is 16.6 Å². The van der Waals surface area contributed by atoms with Crippen LogP contribution in [0.15, 0.2) is 36.5 Å². The smallest absolute Gasteiger partial charge is 0.310 e. The molecule has 0 fully saturated rings. The van der Waals surface area contributed by atoms with Gasteiger partial charge in [-0.3, -0.25) is 14.6 Å². The maximum Gasteiger partial charge on any atom is 0.310 e. The van der Waals surface area contributed by atoms with Crippen molar-refractivity contribution in [2.24, 2.45) is 5.41 Å². The lowest BCUT2D eigenvalue weighted by molar-refractivity contribution is -0.146. The molecule has 1 amide bonds. The number of pyridine rings is 1. The SMILES string of the molecule is Cc1c(C(=O)NCC(C)(C)C(=O)O)nnn1-c1cccc2cccnc12. The standard InChI is InChI=1S/C18H19N5O3/c1-11-14(16(24)20-10-18(2,3)17(25)26)21-22-23(11)13-8-4-6-12-7-5-9-19-15(12)13/h4-9H,10H2,1-3H3,(H,20,24)(H,25,26). The lowest BCUT2D eigenvalue weighted by Crippen LogP contribution is -2.39. The first kappa shape index (κ1) is 17.5. The molecule has 0 unspecified atom stereocenters. The number of para-hydroxylation sites is 1. The normalized spacial score (nSPS) is 11.5. The molecule has 8 nitrogen and oxygen atoms in total. The van der Waals surface area contributed by atoms with Crippen LogP contribution in [-0.2, 0) is 4.79 Å². The number of carbonyl (C=O) groups is 2. The summed E-state index contributed by atoms with van der Waals surface area (Å²) >= 11 is 0. The van der Waals surface area contributed by atoms with E-state index < -0.39 is 17.3 Å². The minimum atomic E-state index is -1.07. The summed E-state index contributed by atoms with van der Waals surface area (Å²) in [6.45, 7) is 4.81. The number of carboxylic acids is 1. The summed E-state index contributed by atoms with van der Waals surface area (Å²) in [5.74, 6) is -1.45. The van der Waals surface area contributed by atoms with Crippen LogP contribution in [0.5, 0.6) is 0 Å². The molecule has 0 aliphatic carbocycles. The second-order valence-corrected chi connectivity index (χ2v) is 6.66. The van der Waals surface area contributed by atoms with E-state index in [0.29, 0.717) is 5.69 Å². The fraction of sp³-hybridized carbons (Fsp3) is 0.278. The second-order valence-electron chi connectivity index (χ2n) is 6.66. The Bertz CT molecular complexity index is 988. The van der Waals surface area contributed by atoms with Crippen molar-refractivity contribution in [2.75, 3.05) is 6.54 Å². The molecular weight excluding hydrogens is 334 g/mol. The summed E-state index contributed by atoms with van der Waals surface area (Å²) < 4.78 is 1.56. The molecule has 26 heavy (non-hydrogen) atoms. The molecule has 3 rings (SSSR count). The molecule has 0 spiro atoms. The number of hydrogen-bond acceptors (Lipinski definition) is 5. The fourth-order valence-corrected chi connectivity index (χ4v) is 2.49. The Kier molecular flexibility index (Phi) is 4.41. The third-order valence-corrected chi connectivity index (χ3v) is 4.22. The summed E-state index contributed by atoms with van der Waals surface area (Å²) in [6, 6.07) is 9.48. The number of fused-ring (bicyclic) bond motifs is 1. The van der Waals surface area contributed by atoms with Gasteiger partial charge < -0.3 is 10.4 Å². The Labute approximate surface area is 149 Å². The predicted molar refractivity (Wildman–Crippen MR) is 95.1 cm³/mol. The molecule has 8 heteroatoms. The molecule has 0 aliphatic rings. The van der Waals surface area contributed by atoms with Gasteiger partial charge >= 0.3 is 5.97 Å². The summed E-state index contributed by atoms with van der Waals surface area (Å²) in [6.07, 6.45) is 1.69. The van der Waals surface area contributed by atoms with Crippen LogP contribution in [0.3, 0.4) is 0 Å². The quantitative estimate of drug-likeness (QED) is 0.725. The zero-order valence-corrected chi connectivity index (χ0v) is 14.7. The van der Waals surface area contributed by atoms with Crippen LogP contribution < -0.4 is 5.32 Å². The van der Waals surface area contributed by atoms with Gasteiger partial charge in [-0.1, -0.05) is 23.4 Å². The van der Waals surface area contributed by atoms with Gasteiger partial charge in [-0.15, -0.1) is 5.10 Å². The number of aliphatic carboxylic acids is 1. The Morgan fingerprint density at radius 3 is 2.69 bits per heavy atom. The molecule has 0 atom stereocenters. The van der Waals surface area contributed by atoms with Crippen molar-refractivity contribution < 1.29 is 14.7 Å². The van der Waals surface area contributed by atoms with Crippen LogP contribution in [0.4, 0.5) is 0 Å². The van der Waals surface area contributed by atoms with Crippen molar-refractivity contribution in [3.05, 3.63) is 47.9 Å². The number of nitrogens with zero attached hydrogens (tertiary/aromatic N) is 4. The third kappa shape index (κ3) is 3.13. The van der Waals surface area contributed by atoms with Gasteiger partial charge in [0.05, 0.1) is 22.3 Å². The summed E-state index contributed by atoms with van der Waals surface area (Å²) in [7, 11) is 0. The van der Waals surface area contributed by atoms with Gasteiger partial charge in [-0.2, -0.15) is 0 Å². The first-order chi connectivity index (χ1) is 12.3. The first-order valence-corrected chi connectivity index (χ1v) is 8.09. The number of carboxylic acid groups (broad SMARTS) is 1. The number of rotatable bonds is 5. The molecule has 134 valence electrons. The molecule has 0 saturated carbocycles. The maximum atomic E-state index is 12.4. The molecule has 0 saturated heterocycles. The van der Waals surface area contributed by atoms with Crippen LogP contribution in [0, 0.1) is 12.3 Å². The highest BCUT2D eigenvalue weighted by Gasteiger charge is 2.28. The van der Waals surface area contributed by atoms with Crippen LogP contribution in [-0.4, -0.2) is 43.5 Å². The molecule has 0 bridgehead atoms. The van der Waals surface area contributed by atoms with E-state index in [9.17, 15) is 9.59 Å². The van der Waals surface area contributed by atoms with E-state index in [1.54, 1.807) is 31.6 Å². The van der Waals surface area contributed by atoms with Crippen molar-refractivity contribution in [3.63, 3.8) is 0 Å². The van der Waals surface area contributed by atoms with Crippen molar-refractivity contribution >= 4 is 22.8 Å². The highest BCUT2D eigenvalue weighted by atomic mass is 16.4. The summed E-state index contributed by atoms with van der Waals surface area (Å²) in [5, 5.41) is 20.8. The van der Waals surface area contributed by atoms with Crippen LogP contribution in [0.25, 0.3) is 16.6 Å². The highest BCUT2D eigenvalue weighted by Crippen LogP contribution is 2.21. The van der Waals surface area contributed by atoms with Crippen LogP contribution in [0.2, 0.25) is 0 Å². The van der Waals surface area contributed by atoms with Gasteiger partial charge in [0.25, 0.3) is 5.91 Å². The average molecular weight is 353 g/mol. The number of nitrogens with one attached hydrogen (secondary N) is 1. The average Bonchev–Trinajstić information content (AvgIpc) is 3.00.